The highest BCUT2D eigenvalue weighted by atomic mass is 16.5. The molecule has 0 aliphatic rings. The Hall–Kier alpha value is -3.35. The number of hydrogen-bond donors (Lipinski definition) is 2. The Labute approximate surface area is 136 Å². The maximum atomic E-state index is 12.8. The number of H-pyrrole nitrogens is 1. The summed E-state index contributed by atoms with van der Waals surface area (Å²) in [6.45, 7) is 0.464. The third kappa shape index (κ3) is 2.02. The molecule has 3 N–H and O–H groups in total. The van der Waals surface area contributed by atoms with Gasteiger partial charge in [0.1, 0.15) is 16.6 Å². The van der Waals surface area contributed by atoms with Gasteiger partial charge in [-0.1, -0.05) is 12.1 Å². The van der Waals surface area contributed by atoms with Gasteiger partial charge in [0, 0.05) is 11.6 Å². The van der Waals surface area contributed by atoms with Crippen LogP contribution in [0.1, 0.15) is 5.56 Å². The van der Waals surface area contributed by atoms with Crippen molar-refractivity contribution in [1.29, 1.82) is 0 Å². The summed E-state index contributed by atoms with van der Waals surface area (Å²) in [5.74, 6) is 6.20. The minimum Gasteiger partial charge on any atom is -0.497 e. The number of aromatic nitrogens is 3. The first-order valence-electron chi connectivity index (χ1n) is 7.42. The lowest BCUT2D eigenvalue weighted by Crippen LogP contribution is -2.15. The number of aromatic amines is 1. The van der Waals surface area contributed by atoms with E-state index in [2.05, 4.69) is 15.3 Å². The summed E-state index contributed by atoms with van der Waals surface area (Å²) in [5.41, 5.74) is 2.35. The normalized spacial score (nSPS) is 12.3. The lowest BCUT2D eigenvalue weighted by atomic mass is 10.2. The van der Waals surface area contributed by atoms with Gasteiger partial charge in [-0.3, -0.25) is 9.89 Å². The van der Waals surface area contributed by atoms with Gasteiger partial charge in [0.2, 0.25) is 0 Å². The molecule has 7 nitrogen and oxygen atoms in total. The van der Waals surface area contributed by atoms with E-state index in [4.69, 9.17) is 10.6 Å². The summed E-state index contributed by atoms with van der Waals surface area (Å²) in [5, 5.41) is 12.6. The second kappa shape index (κ2) is 5.38. The highest BCUT2D eigenvalue weighted by molar-refractivity contribution is 6.07. The highest BCUT2D eigenvalue weighted by Crippen LogP contribution is 2.22. The summed E-state index contributed by atoms with van der Waals surface area (Å²) in [6, 6.07) is 11.3. The molecule has 7 heteroatoms. The van der Waals surface area contributed by atoms with Crippen molar-refractivity contribution in [3.63, 3.8) is 0 Å². The number of nitrogens with two attached hydrogens (primary N) is 1. The summed E-state index contributed by atoms with van der Waals surface area (Å²) >= 11 is 0. The van der Waals surface area contributed by atoms with Crippen LogP contribution in [0.5, 0.6) is 5.75 Å². The predicted octanol–water partition coefficient (Wildman–Crippen LogP) is 1.15. The molecule has 0 fully saturated rings. The molecule has 2 aromatic carbocycles. The zero-order chi connectivity index (χ0) is 16.7. The molecule has 120 valence electrons. The van der Waals surface area contributed by atoms with Gasteiger partial charge in [-0.05, 0) is 29.8 Å². The third-order valence-corrected chi connectivity index (χ3v) is 4.19. The number of ether oxygens (including phenoxy) is 1. The van der Waals surface area contributed by atoms with Crippen molar-refractivity contribution in [3.05, 3.63) is 63.9 Å². The molecule has 0 saturated heterocycles. The van der Waals surface area contributed by atoms with Crippen molar-refractivity contribution in [3.8, 4) is 5.75 Å². The van der Waals surface area contributed by atoms with Crippen molar-refractivity contribution < 1.29 is 4.74 Å². The van der Waals surface area contributed by atoms with E-state index < -0.39 is 0 Å². The number of methoxy groups -OCH3 is 1. The van der Waals surface area contributed by atoms with Gasteiger partial charge < -0.3 is 15.1 Å². The van der Waals surface area contributed by atoms with Crippen LogP contribution in [0.2, 0.25) is 0 Å². The van der Waals surface area contributed by atoms with Gasteiger partial charge >= 0.3 is 0 Å². The first kappa shape index (κ1) is 14.3. The van der Waals surface area contributed by atoms with Crippen LogP contribution in [0.15, 0.2) is 52.5 Å². The SMILES string of the molecule is COc1ccc(Cn2c(=O)c3c[nH]nc4/c(=N\N)ccc2c34)cc1. The summed E-state index contributed by atoms with van der Waals surface area (Å²) in [4.78, 5) is 12.8. The van der Waals surface area contributed by atoms with E-state index in [1.807, 2.05) is 30.3 Å². The minimum absolute atomic E-state index is 0.0707. The molecule has 0 spiro atoms. The quantitative estimate of drug-likeness (QED) is 0.437. The van der Waals surface area contributed by atoms with E-state index in [1.165, 1.54) is 0 Å². The van der Waals surface area contributed by atoms with Crippen LogP contribution >= 0.6 is 0 Å². The molecule has 2 heterocycles. The summed E-state index contributed by atoms with van der Waals surface area (Å²) < 4.78 is 6.90. The van der Waals surface area contributed by atoms with Crippen LogP contribution < -0.4 is 21.5 Å². The van der Waals surface area contributed by atoms with Crippen molar-refractivity contribution in [2.45, 2.75) is 6.54 Å². The lowest BCUT2D eigenvalue weighted by Gasteiger charge is -2.06. The largest absolute Gasteiger partial charge is 0.497 e. The van der Waals surface area contributed by atoms with Crippen molar-refractivity contribution in [1.82, 2.24) is 14.8 Å². The minimum atomic E-state index is -0.0707. The van der Waals surface area contributed by atoms with Gasteiger partial charge in [-0.15, -0.1) is 0 Å². The standard InChI is InChI=1S/C17H15N5O2/c1-24-11-4-2-10(3-5-11)9-22-14-7-6-13(20-18)16-15(14)12(17(22)23)8-19-21-16/h2-8,19H,9,18H2,1H3/b20-13-. The predicted molar refractivity (Wildman–Crippen MR) is 90.9 cm³/mol. The number of nitrogens with one attached hydrogen (secondary N) is 1. The number of hydrogen-bond acceptors (Lipinski definition) is 5. The van der Waals surface area contributed by atoms with E-state index in [1.54, 1.807) is 23.9 Å². The molecule has 4 rings (SSSR count). The van der Waals surface area contributed by atoms with Crippen molar-refractivity contribution >= 4 is 21.8 Å². The van der Waals surface area contributed by atoms with E-state index in [0.29, 0.717) is 22.8 Å². The Morgan fingerprint density at radius 2 is 2.04 bits per heavy atom. The topological polar surface area (TPSA) is 98.3 Å². The van der Waals surface area contributed by atoms with Gasteiger partial charge in [-0.2, -0.15) is 10.2 Å². The average molecular weight is 321 g/mol. The molecule has 0 unspecified atom stereocenters. The number of rotatable bonds is 3. The summed E-state index contributed by atoms with van der Waals surface area (Å²) in [7, 11) is 1.62. The fraction of sp³-hybridized carbons (Fsp3) is 0.118. The lowest BCUT2D eigenvalue weighted by molar-refractivity contribution is 0.414. The first-order valence-corrected chi connectivity index (χ1v) is 7.42. The Bertz CT molecular complexity index is 1140. The first-order chi connectivity index (χ1) is 11.7. The van der Waals surface area contributed by atoms with E-state index in [9.17, 15) is 4.79 Å². The zero-order valence-electron chi connectivity index (χ0n) is 13.0. The smallest absolute Gasteiger partial charge is 0.260 e. The van der Waals surface area contributed by atoms with Crippen LogP contribution in [0.4, 0.5) is 0 Å². The van der Waals surface area contributed by atoms with Crippen LogP contribution in [0.3, 0.4) is 0 Å². The molecule has 24 heavy (non-hydrogen) atoms. The maximum absolute atomic E-state index is 12.8. The van der Waals surface area contributed by atoms with Crippen molar-refractivity contribution in [2.24, 2.45) is 10.9 Å². The van der Waals surface area contributed by atoms with E-state index in [-0.39, 0.29) is 5.56 Å². The number of benzene rings is 2. The Kier molecular flexibility index (Phi) is 3.19. The van der Waals surface area contributed by atoms with Gasteiger partial charge in [0.25, 0.3) is 5.56 Å². The average Bonchev–Trinajstić information content (AvgIpc) is 2.90. The van der Waals surface area contributed by atoms with Gasteiger partial charge in [-0.25, -0.2) is 0 Å². The zero-order valence-corrected chi connectivity index (χ0v) is 13.0. The Balaban J connectivity index is 1.94. The summed E-state index contributed by atoms with van der Waals surface area (Å²) in [6.07, 6.45) is 1.61. The molecule has 0 amide bonds. The van der Waals surface area contributed by atoms with E-state index >= 15 is 0 Å². The fourth-order valence-corrected chi connectivity index (χ4v) is 3.00. The van der Waals surface area contributed by atoms with Crippen LogP contribution in [0.25, 0.3) is 21.8 Å². The molecule has 0 atom stereocenters. The molecule has 0 aliphatic carbocycles. The second-order valence-corrected chi connectivity index (χ2v) is 5.49. The molecular formula is C17H15N5O2. The maximum Gasteiger partial charge on any atom is 0.260 e. The molecular weight excluding hydrogens is 306 g/mol. The van der Waals surface area contributed by atoms with Gasteiger partial charge in [0.05, 0.1) is 24.6 Å². The number of nitrogens with zero attached hydrogens (tertiary/aromatic N) is 3. The van der Waals surface area contributed by atoms with E-state index in [0.717, 1.165) is 22.2 Å². The van der Waals surface area contributed by atoms with Gasteiger partial charge in [0.15, 0.2) is 0 Å². The van der Waals surface area contributed by atoms with Crippen LogP contribution in [-0.2, 0) is 6.54 Å². The molecule has 0 bridgehead atoms. The van der Waals surface area contributed by atoms with Crippen LogP contribution in [0, 0.1) is 0 Å². The highest BCUT2D eigenvalue weighted by Gasteiger charge is 2.16. The Morgan fingerprint density at radius 3 is 2.75 bits per heavy atom. The Morgan fingerprint density at radius 1 is 1.25 bits per heavy atom. The molecule has 0 aliphatic heterocycles. The molecule has 0 saturated carbocycles. The van der Waals surface area contributed by atoms with Crippen molar-refractivity contribution in [2.75, 3.05) is 7.11 Å². The molecule has 4 aromatic rings. The fourth-order valence-electron chi connectivity index (χ4n) is 3.00. The monoisotopic (exact) mass is 321 g/mol. The van der Waals surface area contributed by atoms with Crippen LogP contribution in [-0.4, -0.2) is 21.9 Å². The third-order valence-electron chi connectivity index (χ3n) is 4.19. The molecule has 2 aromatic heterocycles. The second-order valence-electron chi connectivity index (χ2n) is 5.49. The molecule has 0 radical (unpaired) electrons.